The second-order valence-electron chi connectivity index (χ2n) is 4.49. The highest BCUT2D eigenvalue weighted by atomic mass is 19.1. The number of alkyl halides is 1. The van der Waals surface area contributed by atoms with E-state index in [1.54, 1.807) is 23.1 Å². The van der Waals surface area contributed by atoms with Crippen molar-refractivity contribution < 1.29 is 4.39 Å². The summed E-state index contributed by atoms with van der Waals surface area (Å²) in [4.78, 5) is 4.22. The summed E-state index contributed by atoms with van der Waals surface area (Å²) < 4.78 is 15.4. The lowest BCUT2D eigenvalue weighted by molar-refractivity contribution is 0.189. The molecule has 2 aromatic rings. The smallest absolute Gasteiger partial charge is 0.203 e. The van der Waals surface area contributed by atoms with E-state index in [2.05, 4.69) is 25.8 Å². The van der Waals surface area contributed by atoms with Gasteiger partial charge in [0.1, 0.15) is 12.5 Å². The van der Waals surface area contributed by atoms with E-state index in [9.17, 15) is 4.39 Å². The summed E-state index contributed by atoms with van der Waals surface area (Å²) in [5.74, 6) is 0.678. The van der Waals surface area contributed by atoms with Gasteiger partial charge in [-0.3, -0.25) is 4.40 Å². The first-order valence-electron chi connectivity index (χ1n) is 6.07. The van der Waals surface area contributed by atoms with E-state index >= 15 is 0 Å². The molecule has 0 radical (unpaired) electrons. The minimum Gasteiger partial charge on any atom is -0.367 e. The van der Waals surface area contributed by atoms with Gasteiger partial charge in [-0.15, -0.1) is 10.2 Å². The third-order valence-electron chi connectivity index (χ3n) is 3.29. The third-order valence-corrected chi connectivity index (χ3v) is 3.29. The van der Waals surface area contributed by atoms with Crippen LogP contribution < -0.4 is 10.6 Å². The molecule has 0 spiro atoms. The Kier molecular flexibility index (Phi) is 3.06. The van der Waals surface area contributed by atoms with Crippen LogP contribution in [0.2, 0.25) is 0 Å². The van der Waals surface area contributed by atoms with Crippen LogP contribution in [-0.2, 0) is 0 Å². The molecule has 0 bridgehead atoms. The molecule has 0 amide bonds. The van der Waals surface area contributed by atoms with E-state index in [0.717, 1.165) is 13.0 Å². The Morgan fingerprint density at radius 3 is 3.39 bits per heavy atom. The van der Waals surface area contributed by atoms with Crippen molar-refractivity contribution in [3.05, 3.63) is 18.7 Å². The molecule has 3 heterocycles. The first-order valence-corrected chi connectivity index (χ1v) is 6.07. The van der Waals surface area contributed by atoms with Crippen LogP contribution in [-0.4, -0.2) is 45.4 Å². The summed E-state index contributed by atoms with van der Waals surface area (Å²) in [6, 6.07) is 0. The SMILES string of the molecule is F[C@@H]1CNCC[C@@H]1CNc1nccn2cnnc12. The minimum atomic E-state index is -0.802. The van der Waals surface area contributed by atoms with Gasteiger partial charge in [0, 0.05) is 31.4 Å². The molecule has 0 aliphatic carbocycles. The molecule has 2 atom stereocenters. The van der Waals surface area contributed by atoms with E-state index in [1.807, 2.05) is 0 Å². The molecular weight excluding hydrogens is 235 g/mol. The molecule has 1 aliphatic heterocycles. The standard InChI is InChI=1S/C11H15FN6/c12-9-6-13-2-1-8(9)5-15-10-11-17-16-7-18(11)4-3-14-10/h3-4,7-9,13H,1-2,5-6H2,(H,14,15)/t8-,9-/m1/s1. The zero-order valence-corrected chi connectivity index (χ0v) is 9.88. The number of fused-ring (bicyclic) bond motifs is 1. The number of nitrogens with one attached hydrogen (secondary N) is 2. The lowest BCUT2D eigenvalue weighted by atomic mass is 9.96. The Hall–Kier alpha value is -1.76. The van der Waals surface area contributed by atoms with Crippen molar-refractivity contribution in [2.24, 2.45) is 5.92 Å². The van der Waals surface area contributed by atoms with Crippen molar-refractivity contribution in [2.45, 2.75) is 12.6 Å². The summed E-state index contributed by atoms with van der Waals surface area (Å²) >= 11 is 0. The second kappa shape index (κ2) is 4.85. The van der Waals surface area contributed by atoms with Crippen molar-refractivity contribution in [2.75, 3.05) is 25.0 Å². The number of nitrogens with zero attached hydrogens (tertiary/aromatic N) is 4. The van der Waals surface area contributed by atoms with Gasteiger partial charge >= 0.3 is 0 Å². The van der Waals surface area contributed by atoms with Gasteiger partial charge in [0.2, 0.25) is 5.65 Å². The summed E-state index contributed by atoms with van der Waals surface area (Å²) in [5, 5.41) is 14.0. The van der Waals surface area contributed by atoms with Crippen LogP contribution in [0.25, 0.3) is 5.65 Å². The van der Waals surface area contributed by atoms with Gasteiger partial charge in [-0.05, 0) is 13.0 Å². The van der Waals surface area contributed by atoms with E-state index in [1.165, 1.54) is 0 Å². The quantitative estimate of drug-likeness (QED) is 0.829. The molecule has 3 rings (SSSR count). The first-order chi connectivity index (χ1) is 8.84. The molecular formula is C11H15FN6. The maximum atomic E-state index is 13.6. The maximum absolute atomic E-state index is 13.6. The Morgan fingerprint density at radius 1 is 1.56 bits per heavy atom. The molecule has 1 saturated heterocycles. The highest BCUT2D eigenvalue weighted by Crippen LogP contribution is 2.17. The van der Waals surface area contributed by atoms with Crippen LogP contribution in [0.15, 0.2) is 18.7 Å². The van der Waals surface area contributed by atoms with Crippen LogP contribution >= 0.6 is 0 Å². The summed E-state index contributed by atoms with van der Waals surface area (Å²) in [6.45, 7) is 1.88. The highest BCUT2D eigenvalue weighted by Gasteiger charge is 2.24. The average Bonchev–Trinajstić information content (AvgIpc) is 2.86. The monoisotopic (exact) mass is 250 g/mol. The van der Waals surface area contributed by atoms with Crippen LogP contribution in [0.5, 0.6) is 0 Å². The molecule has 18 heavy (non-hydrogen) atoms. The summed E-state index contributed by atoms with van der Waals surface area (Å²) in [6.07, 6.45) is 5.11. The van der Waals surface area contributed by atoms with E-state index in [0.29, 0.717) is 24.6 Å². The van der Waals surface area contributed by atoms with Gasteiger partial charge in [-0.25, -0.2) is 9.37 Å². The van der Waals surface area contributed by atoms with Crippen LogP contribution in [0.4, 0.5) is 10.2 Å². The summed E-state index contributed by atoms with van der Waals surface area (Å²) in [7, 11) is 0. The third kappa shape index (κ3) is 2.13. The zero-order valence-electron chi connectivity index (χ0n) is 9.88. The average molecular weight is 250 g/mol. The Labute approximate surface area is 104 Å². The van der Waals surface area contributed by atoms with Gasteiger partial charge < -0.3 is 10.6 Å². The molecule has 1 fully saturated rings. The first kappa shape index (κ1) is 11.3. The molecule has 0 saturated carbocycles. The van der Waals surface area contributed by atoms with Crippen molar-refractivity contribution in [1.29, 1.82) is 0 Å². The lowest BCUT2D eigenvalue weighted by Gasteiger charge is -2.26. The van der Waals surface area contributed by atoms with Gasteiger partial charge in [0.05, 0.1) is 0 Å². The van der Waals surface area contributed by atoms with E-state index < -0.39 is 6.17 Å². The number of anilines is 1. The molecule has 6 nitrogen and oxygen atoms in total. The van der Waals surface area contributed by atoms with Gasteiger partial charge in [0.25, 0.3) is 0 Å². The van der Waals surface area contributed by atoms with Crippen molar-refractivity contribution in [1.82, 2.24) is 24.9 Å². The Bertz CT molecular complexity index is 527. The Morgan fingerprint density at radius 2 is 2.50 bits per heavy atom. The molecule has 1 aliphatic rings. The minimum absolute atomic E-state index is 0.0243. The number of hydrogen-bond donors (Lipinski definition) is 2. The van der Waals surface area contributed by atoms with Crippen LogP contribution in [0.1, 0.15) is 6.42 Å². The molecule has 7 heteroatoms. The predicted molar refractivity (Wildman–Crippen MR) is 65.1 cm³/mol. The lowest BCUT2D eigenvalue weighted by Crippen LogP contribution is -2.40. The number of hydrogen-bond acceptors (Lipinski definition) is 5. The Balaban J connectivity index is 1.71. The van der Waals surface area contributed by atoms with Crippen molar-refractivity contribution in [3.63, 3.8) is 0 Å². The number of halogens is 1. The number of rotatable bonds is 3. The number of piperidine rings is 1. The van der Waals surface area contributed by atoms with Crippen molar-refractivity contribution in [3.8, 4) is 0 Å². The highest BCUT2D eigenvalue weighted by molar-refractivity contribution is 5.61. The molecule has 0 unspecified atom stereocenters. The molecule has 2 N–H and O–H groups in total. The van der Waals surface area contributed by atoms with Gasteiger partial charge in [-0.2, -0.15) is 0 Å². The normalized spacial score (nSPS) is 24.3. The predicted octanol–water partition coefficient (Wildman–Crippen LogP) is 0.484. The van der Waals surface area contributed by atoms with E-state index in [4.69, 9.17) is 0 Å². The second-order valence-corrected chi connectivity index (χ2v) is 4.49. The van der Waals surface area contributed by atoms with Gasteiger partial charge in [0.15, 0.2) is 5.82 Å². The van der Waals surface area contributed by atoms with Crippen molar-refractivity contribution >= 4 is 11.5 Å². The number of aromatic nitrogens is 4. The van der Waals surface area contributed by atoms with Crippen LogP contribution in [0.3, 0.4) is 0 Å². The van der Waals surface area contributed by atoms with Gasteiger partial charge in [-0.1, -0.05) is 0 Å². The fourth-order valence-electron chi connectivity index (χ4n) is 2.22. The topological polar surface area (TPSA) is 67.1 Å². The molecule has 2 aromatic heterocycles. The maximum Gasteiger partial charge on any atom is 0.203 e. The molecule has 96 valence electrons. The molecule has 0 aromatic carbocycles. The summed E-state index contributed by atoms with van der Waals surface area (Å²) in [5.41, 5.74) is 0.668. The largest absolute Gasteiger partial charge is 0.367 e. The fourth-order valence-corrected chi connectivity index (χ4v) is 2.22. The van der Waals surface area contributed by atoms with Crippen LogP contribution in [0, 0.1) is 5.92 Å². The fraction of sp³-hybridized carbons (Fsp3) is 0.545. The van der Waals surface area contributed by atoms with E-state index in [-0.39, 0.29) is 5.92 Å². The zero-order chi connectivity index (χ0) is 12.4.